The first-order valence-corrected chi connectivity index (χ1v) is 14.2. The van der Waals surface area contributed by atoms with Crippen molar-refractivity contribution in [3.05, 3.63) is 0 Å². The van der Waals surface area contributed by atoms with Crippen LogP contribution < -0.4 is 103 Å². The molecule has 0 amide bonds. The SMILES string of the molecule is O.[Cl][Ru-2]([Cl])([Cl])([Cl])([Cl])[Cl].[K+].[K+]. The Morgan fingerprint density at radius 1 is 0.600 bits per heavy atom. The molecule has 0 spiro atoms. The minimum atomic E-state index is -5.22. The molecule has 2 N–H and O–H groups in total. The Hall–Kier alpha value is 5.60. The zero-order valence-corrected chi connectivity index (χ0v) is 17.6. The van der Waals surface area contributed by atoms with E-state index in [1.807, 2.05) is 0 Å². The van der Waals surface area contributed by atoms with Gasteiger partial charge in [0.05, 0.1) is 0 Å². The van der Waals surface area contributed by atoms with E-state index >= 15 is 0 Å². The van der Waals surface area contributed by atoms with Crippen LogP contribution in [0.25, 0.3) is 0 Å². The first-order valence-electron chi connectivity index (χ1n) is 0.802. The van der Waals surface area contributed by atoms with Crippen LogP contribution in [0.15, 0.2) is 0 Å². The summed E-state index contributed by atoms with van der Waals surface area (Å²) < 4.78 is 0. The molecule has 0 fully saturated rings. The molecule has 0 aromatic heterocycles. The molecule has 0 unspecified atom stereocenters. The fourth-order valence-electron chi connectivity index (χ4n) is 0. The molecule has 0 heterocycles. The van der Waals surface area contributed by atoms with E-state index in [4.69, 9.17) is 58.1 Å². The molecular weight excluding hydrogens is 408 g/mol. The van der Waals surface area contributed by atoms with E-state index in [1.165, 1.54) is 0 Å². The molecule has 0 aliphatic carbocycles. The molecule has 0 aliphatic rings. The second kappa shape index (κ2) is 6.36. The number of rotatable bonds is 0. The third-order valence-electron chi connectivity index (χ3n) is 0. The van der Waals surface area contributed by atoms with Gasteiger partial charge < -0.3 is 5.48 Å². The smallest absolute Gasteiger partial charge is 1.00 e. The van der Waals surface area contributed by atoms with E-state index in [9.17, 15) is 0 Å². The second-order valence-electron chi connectivity index (χ2n) is 0.758. The summed E-state index contributed by atoms with van der Waals surface area (Å²) in [6.07, 6.45) is 0. The standard InChI is InChI=1S/6ClH.2K.H2O.Ru/h6*1H;;;1H2;/q;;;;;;2*+1;;+4/p-6. The predicted octanol–water partition coefficient (Wildman–Crippen LogP) is -2.68. The van der Waals surface area contributed by atoms with Gasteiger partial charge >= 0.3 is 167 Å². The fourth-order valence-corrected chi connectivity index (χ4v) is 0. The Morgan fingerprint density at radius 3 is 0.600 bits per heavy atom. The summed E-state index contributed by atoms with van der Waals surface area (Å²) in [4.78, 5) is 0. The van der Waals surface area contributed by atoms with E-state index in [1.54, 1.807) is 0 Å². The maximum Gasteiger partial charge on any atom is 1.00 e. The maximum absolute atomic E-state index is 5.22. The predicted molar refractivity (Wildman–Crippen MR) is 38.7 cm³/mol. The molecule has 0 aromatic carbocycles. The summed E-state index contributed by atoms with van der Waals surface area (Å²) in [6, 6.07) is 0. The largest absolute Gasteiger partial charge is 1.00 e. The topological polar surface area (TPSA) is 31.5 Å². The molecule has 60 valence electrons. The molecule has 0 radical (unpaired) electrons. The van der Waals surface area contributed by atoms with Gasteiger partial charge in [0.1, 0.15) is 0 Å². The number of hydrogen-bond acceptors (Lipinski definition) is 0. The monoisotopic (exact) mass is 408 g/mol. The summed E-state index contributed by atoms with van der Waals surface area (Å²) >= 11 is 0. The van der Waals surface area contributed by atoms with Gasteiger partial charge in [0.25, 0.3) is 0 Å². The van der Waals surface area contributed by atoms with Crippen molar-refractivity contribution in [3.63, 3.8) is 0 Å². The van der Waals surface area contributed by atoms with Crippen molar-refractivity contribution in [1.82, 2.24) is 0 Å². The van der Waals surface area contributed by atoms with Gasteiger partial charge in [-0.25, -0.2) is 0 Å². The molecule has 0 aliphatic heterocycles. The second-order valence-corrected chi connectivity index (χ2v) is 40.3. The van der Waals surface area contributed by atoms with Crippen LogP contribution in [0, 0.1) is 0 Å². The van der Waals surface area contributed by atoms with Gasteiger partial charge in [-0.3, -0.25) is 0 Å². The van der Waals surface area contributed by atoms with Crippen molar-refractivity contribution in [2.45, 2.75) is 0 Å². The van der Waals surface area contributed by atoms with Crippen LogP contribution in [0.2, 0.25) is 0 Å². The van der Waals surface area contributed by atoms with Crippen LogP contribution in [0.1, 0.15) is 0 Å². The fraction of sp³-hybridized carbons (Fsp3) is 0. The molecule has 0 aromatic rings. The molecule has 0 saturated carbocycles. The molecule has 0 atom stereocenters. The van der Waals surface area contributed by atoms with Crippen molar-refractivity contribution in [2.24, 2.45) is 0 Å². The Kier molecular flexibility index (Phi) is 15.7. The summed E-state index contributed by atoms with van der Waals surface area (Å²) in [7, 11) is 30.3. The summed E-state index contributed by atoms with van der Waals surface area (Å²) in [5, 5.41) is 0. The quantitative estimate of drug-likeness (QED) is 0.391. The molecular formula is H2Cl6K2ORu. The third kappa shape index (κ3) is 68.9. The van der Waals surface area contributed by atoms with Crippen molar-refractivity contribution in [2.75, 3.05) is 0 Å². The van der Waals surface area contributed by atoms with Crippen LogP contribution >= 0.6 is 58.1 Å². The average Bonchev–Trinajstić information content (AvgIpc) is 0.592. The van der Waals surface area contributed by atoms with Gasteiger partial charge in [0.15, 0.2) is 0 Å². The molecule has 10 heteroatoms. The normalized spacial score (nSPS) is 16.2. The zero-order chi connectivity index (χ0) is 6.41. The van der Waals surface area contributed by atoms with Gasteiger partial charge in [0.2, 0.25) is 0 Å². The summed E-state index contributed by atoms with van der Waals surface area (Å²) in [5.74, 6) is 0. The molecule has 10 heavy (non-hydrogen) atoms. The molecule has 0 rings (SSSR count). The van der Waals surface area contributed by atoms with Gasteiger partial charge in [-0.05, 0) is 0 Å². The molecule has 1 nitrogen and oxygen atoms in total. The number of hydrogen-bond donors (Lipinski definition) is 0. The van der Waals surface area contributed by atoms with E-state index in [2.05, 4.69) is 0 Å². The van der Waals surface area contributed by atoms with Crippen LogP contribution in [-0.4, -0.2) is 5.48 Å². The van der Waals surface area contributed by atoms with E-state index in [0.29, 0.717) is 0 Å². The maximum atomic E-state index is 5.04. The Morgan fingerprint density at radius 2 is 0.600 bits per heavy atom. The van der Waals surface area contributed by atoms with Crippen molar-refractivity contribution < 1.29 is 115 Å². The van der Waals surface area contributed by atoms with Gasteiger partial charge in [-0.2, -0.15) is 0 Å². The van der Waals surface area contributed by atoms with Gasteiger partial charge in [-0.15, -0.1) is 0 Å². The average molecular weight is 410 g/mol. The first-order chi connectivity index (χ1) is 2.45. The van der Waals surface area contributed by atoms with Crippen molar-refractivity contribution >= 4 is 58.1 Å². The van der Waals surface area contributed by atoms with E-state index in [0.717, 1.165) is 0 Å². The van der Waals surface area contributed by atoms with E-state index < -0.39 is 6.48 Å². The van der Waals surface area contributed by atoms with Crippen LogP contribution in [0.5, 0.6) is 0 Å². The van der Waals surface area contributed by atoms with Gasteiger partial charge in [-0.1, -0.05) is 0 Å². The first kappa shape index (κ1) is 24.7. The third-order valence-corrected chi connectivity index (χ3v) is 0. The zero-order valence-electron chi connectivity index (χ0n) is 5.12. The summed E-state index contributed by atoms with van der Waals surface area (Å²) in [6.45, 7) is -5.22. The Bertz CT molecular complexity index is 74.3. The number of halogens is 6. The van der Waals surface area contributed by atoms with Crippen LogP contribution in [0.3, 0.4) is 0 Å². The van der Waals surface area contributed by atoms with Crippen molar-refractivity contribution in [3.8, 4) is 0 Å². The van der Waals surface area contributed by atoms with Gasteiger partial charge in [0, 0.05) is 0 Å². The Balaban J connectivity index is -0.0000000600. The Labute approximate surface area is 167 Å². The summed E-state index contributed by atoms with van der Waals surface area (Å²) in [5.41, 5.74) is 0. The van der Waals surface area contributed by atoms with E-state index in [-0.39, 0.29) is 108 Å². The van der Waals surface area contributed by atoms with Crippen LogP contribution in [-0.2, 0) is 6.48 Å². The molecule has 0 bridgehead atoms. The minimum absolute atomic E-state index is 0. The minimum Gasteiger partial charge on any atom is 1.00 e. The van der Waals surface area contributed by atoms with Crippen molar-refractivity contribution in [1.29, 1.82) is 0 Å². The van der Waals surface area contributed by atoms with Crippen LogP contribution in [0.4, 0.5) is 0 Å². The molecule has 0 saturated heterocycles.